The summed E-state index contributed by atoms with van der Waals surface area (Å²) in [5, 5.41) is 13.9. The van der Waals surface area contributed by atoms with Gasteiger partial charge in [0.25, 0.3) is 0 Å². The SMILES string of the molecule is CCSc1cc(Cl)c(N[O-])cc1C(=O)Cc1cc(C(F)(F)F)cnc1NC. The average molecular weight is 419 g/mol. The number of thioether (sulfide) groups is 1. The van der Waals surface area contributed by atoms with Crippen molar-refractivity contribution in [3.05, 3.63) is 51.3 Å². The van der Waals surface area contributed by atoms with Crippen molar-refractivity contribution in [1.29, 1.82) is 0 Å². The maximum atomic E-state index is 13.0. The molecule has 0 bridgehead atoms. The lowest BCUT2D eigenvalue weighted by Gasteiger charge is -2.17. The monoisotopic (exact) mass is 418 g/mol. The second-order valence-electron chi connectivity index (χ2n) is 5.44. The molecule has 0 saturated heterocycles. The lowest BCUT2D eigenvalue weighted by Crippen LogP contribution is -2.12. The molecule has 10 heteroatoms. The van der Waals surface area contributed by atoms with Crippen molar-refractivity contribution in [3.8, 4) is 0 Å². The number of hydrogen-bond donors (Lipinski definition) is 2. The van der Waals surface area contributed by atoms with Gasteiger partial charge in [0.15, 0.2) is 5.78 Å². The van der Waals surface area contributed by atoms with E-state index >= 15 is 0 Å². The van der Waals surface area contributed by atoms with Gasteiger partial charge >= 0.3 is 6.18 Å². The lowest BCUT2D eigenvalue weighted by molar-refractivity contribution is -0.137. The molecular weight excluding hydrogens is 403 g/mol. The highest BCUT2D eigenvalue weighted by Crippen LogP contribution is 2.34. The van der Waals surface area contributed by atoms with Gasteiger partial charge in [0.1, 0.15) is 5.82 Å². The van der Waals surface area contributed by atoms with Gasteiger partial charge in [-0.2, -0.15) is 13.2 Å². The van der Waals surface area contributed by atoms with Gasteiger partial charge in [-0.05, 0) is 24.0 Å². The smallest absolute Gasteiger partial charge is 0.417 e. The van der Waals surface area contributed by atoms with Crippen LogP contribution in [0.25, 0.3) is 0 Å². The lowest BCUT2D eigenvalue weighted by atomic mass is 10.0. The summed E-state index contributed by atoms with van der Waals surface area (Å²) in [4.78, 5) is 17.1. The van der Waals surface area contributed by atoms with E-state index in [2.05, 4.69) is 10.3 Å². The summed E-state index contributed by atoms with van der Waals surface area (Å²) in [5.74, 6) is 0.377. The molecular formula is C17H16ClF3N3O2S-. The summed E-state index contributed by atoms with van der Waals surface area (Å²) < 4.78 is 38.9. The molecule has 2 N–H and O–H groups in total. The topological polar surface area (TPSA) is 77.1 Å². The molecule has 0 radical (unpaired) electrons. The maximum absolute atomic E-state index is 13.0. The summed E-state index contributed by atoms with van der Waals surface area (Å²) in [7, 11) is 1.50. The highest BCUT2D eigenvalue weighted by molar-refractivity contribution is 7.99. The van der Waals surface area contributed by atoms with Crippen molar-refractivity contribution in [1.82, 2.24) is 4.98 Å². The number of pyridine rings is 1. The Morgan fingerprint density at radius 2 is 2.04 bits per heavy atom. The standard InChI is InChI=1S/C17H16ClF3N3O2S/c1-3-27-15-7-12(18)13(24-26)6-11(15)14(25)5-9-4-10(17(19,20)21)8-23-16(9)22-2/h4,6-8,24H,3,5H2,1-2H3,(H,22,23)/q-1. The van der Waals surface area contributed by atoms with E-state index < -0.39 is 17.5 Å². The van der Waals surface area contributed by atoms with Crippen LogP contribution in [0.3, 0.4) is 0 Å². The summed E-state index contributed by atoms with van der Waals surface area (Å²) >= 11 is 7.33. The van der Waals surface area contributed by atoms with E-state index in [0.717, 1.165) is 6.07 Å². The first-order chi connectivity index (χ1) is 12.7. The van der Waals surface area contributed by atoms with Crippen LogP contribution in [0.2, 0.25) is 5.02 Å². The van der Waals surface area contributed by atoms with E-state index in [4.69, 9.17) is 11.6 Å². The van der Waals surface area contributed by atoms with E-state index in [1.807, 2.05) is 6.92 Å². The zero-order valence-corrected chi connectivity index (χ0v) is 16.0. The number of anilines is 2. The fourth-order valence-electron chi connectivity index (χ4n) is 2.42. The molecule has 0 amide bonds. The second-order valence-corrected chi connectivity index (χ2v) is 7.16. The van der Waals surface area contributed by atoms with E-state index in [1.165, 1.54) is 30.9 Å². The summed E-state index contributed by atoms with van der Waals surface area (Å²) in [6.45, 7) is 1.88. The number of carbonyl (C=O) groups is 1. The molecule has 0 aliphatic carbocycles. The predicted molar refractivity (Wildman–Crippen MR) is 102 cm³/mol. The normalized spacial score (nSPS) is 11.4. The molecule has 1 aromatic heterocycles. The number of rotatable bonds is 7. The van der Waals surface area contributed by atoms with Gasteiger partial charge in [-0.25, -0.2) is 4.98 Å². The Hall–Kier alpha value is -1.97. The summed E-state index contributed by atoms with van der Waals surface area (Å²) in [5.41, 5.74) is 1.06. The van der Waals surface area contributed by atoms with Crippen LogP contribution >= 0.6 is 23.4 Å². The highest BCUT2D eigenvalue weighted by Gasteiger charge is 2.32. The Balaban J connectivity index is 2.45. The number of halogens is 4. The number of Topliss-reactive ketones (excluding diaryl/α,β-unsaturated/α-hetero) is 1. The van der Waals surface area contributed by atoms with Crippen LogP contribution in [-0.2, 0) is 12.6 Å². The van der Waals surface area contributed by atoms with E-state index in [9.17, 15) is 23.2 Å². The van der Waals surface area contributed by atoms with Gasteiger partial charge in [0.2, 0.25) is 0 Å². The molecule has 27 heavy (non-hydrogen) atoms. The molecule has 0 aliphatic rings. The zero-order valence-electron chi connectivity index (χ0n) is 14.4. The maximum Gasteiger partial charge on any atom is 0.417 e. The number of aromatic nitrogens is 1. The molecule has 0 aliphatic heterocycles. The quantitative estimate of drug-likeness (QED) is 0.363. The van der Waals surface area contributed by atoms with Crippen LogP contribution < -0.4 is 10.8 Å². The van der Waals surface area contributed by atoms with Crippen LogP contribution in [0.5, 0.6) is 0 Å². The third-order valence-electron chi connectivity index (χ3n) is 3.66. The number of nitrogens with one attached hydrogen (secondary N) is 2. The molecule has 1 heterocycles. The molecule has 1 aromatic carbocycles. The van der Waals surface area contributed by atoms with Gasteiger partial charge in [0.05, 0.1) is 10.6 Å². The number of nitrogens with zero attached hydrogens (tertiary/aromatic N) is 1. The fourth-order valence-corrected chi connectivity index (χ4v) is 3.53. The number of alkyl halides is 3. The van der Waals surface area contributed by atoms with Crippen molar-refractivity contribution in [3.63, 3.8) is 0 Å². The summed E-state index contributed by atoms with van der Waals surface area (Å²) in [6.07, 6.45) is -4.18. The zero-order chi connectivity index (χ0) is 20.2. The van der Waals surface area contributed by atoms with Crippen molar-refractivity contribution >= 4 is 40.7 Å². The third kappa shape index (κ3) is 5.06. The van der Waals surface area contributed by atoms with Crippen molar-refractivity contribution in [2.24, 2.45) is 0 Å². The first-order valence-electron chi connectivity index (χ1n) is 7.82. The molecule has 2 aromatic rings. The van der Waals surface area contributed by atoms with Crippen LogP contribution in [-0.4, -0.2) is 23.6 Å². The molecule has 0 spiro atoms. The van der Waals surface area contributed by atoms with E-state index in [0.29, 0.717) is 16.8 Å². The van der Waals surface area contributed by atoms with Gasteiger partial charge in [-0.3, -0.25) is 4.79 Å². The van der Waals surface area contributed by atoms with Crippen LogP contribution in [0.15, 0.2) is 29.3 Å². The Kier molecular flexibility index (Phi) is 6.96. The fraction of sp³-hybridized carbons (Fsp3) is 0.294. The minimum atomic E-state index is -4.57. The highest BCUT2D eigenvalue weighted by atomic mass is 35.5. The van der Waals surface area contributed by atoms with Gasteiger partial charge < -0.3 is 16.0 Å². The minimum absolute atomic E-state index is 0.0245. The van der Waals surface area contributed by atoms with Gasteiger partial charge in [-0.1, -0.05) is 18.5 Å². The molecule has 0 saturated carbocycles. The van der Waals surface area contributed by atoms with Gasteiger partial charge in [0, 0.05) is 41.4 Å². The molecule has 0 unspecified atom stereocenters. The number of ketones is 1. The largest absolute Gasteiger partial charge is 0.761 e. The molecule has 5 nitrogen and oxygen atoms in total. The number of hydrogen-bond acceptors (Lipinski definition) is 6. The average Bonchev–Trinajstić information content (AvgIpc) is 2.61. The molecule has 2 rings (SSSR count). The first kappa shape index (κ1) is 21.3. The molecule has 146 valence electrons. The van der Waals surface area contributed by atoms with E-state index in [1.54, 1.807) is 5.48 Å². The van der Waals surface area contributed by atoms with Crippen molar-refractivity contribution < 1.29 is 18.0 Å². The Morgan fingerprint density at radius 1 is 1.33 bits per heavy atom. The molecule has 0 atom stereocenters. The van der Waals surface area contributed by atoms with Crippen molar-refractivity contribution in [2.45, 2.75) is 24.4 Å². The predicted octanol–water partition coefficient (Wildman–Crippen LogP) is 5.24. The molecule has 0 fully saturated rings. The summed E-state index contributed by atoms with van der Waals surface area (Å²) in [6, 6.07) is 3.70. The first-order valence-corrected chi connectivity index (χ1v) is 9.19. The van der Waals surface area contributed by atoms with Gasteiger partial charge in [-0.15, -0.1) is 11.8 Å². The minimum Gasteiger partial charge on any atom is -0.761 e. The Labute approximate surface area is 163 Å². The van der Waals surface area contributed by atoms with Crippen LogP contribution in [0.1, 0.15) is 28.4 Å². The van der Waals surface area contributed by atoms with Crippen LogP contribution in [0.4, 0.5) is 24.7 Å². The number of benzene rings is 1. The number of carbonyl (C=O) groups excluding carboxylic acids is 1. The Bertz CT molecular complexity index is 847. The van der Waals surface area contributed by atoms with Crippen molar-refractivity contribution in [2.75, 3.05) is 23.6 Å². The Morgan fingerprint density at radius 3 is 2.59 bits per heavy atom. The van der Waals surface area contributed by atoms with E-state index in [-0.39, 0.29) is 34.1 Å². The second kappa shape index (κ2) is 8.81. The van der Waals surface area contributed by atoms with Crippen LogP contribution in [0, 0.1) is 5.21 Å². The third-order valence-corrected chi connectivity index (χ3v) is 4.91.